The molecule has 3 nitrogen and oxygen atoms in total. The molecule has 0 unspecified atom stereocenters. The molecule has 0 aliphatic heterocycles. The molecule has 11 heavy (non-hydrogen) atoms. The molecule has 0 saturated heterocycles. The van der Waals surface area contributed by atoms with E-state index >= 15 is 0 Å². The number of nitrogens with one attached hydrogen (secondary N) is 1. The van der Waals surface area contributed by atoms with E-state index in [0.717, 1.165) is 11.2 Å². The van der Waals surface area contributed by atoms with Crippen molar-refractivity contribution in [3.05, 3.63) is 40.3 Å². The Morgan fingerprint density at radius 1 is 1.45 bits per heavy atom. The van der Waals surface area contributed by atoms with E-state index in [1.165, 1.54) is 6.07 Å². The summed E-state index contributed by atoms with van der Waals surface area (Å²) in [4.78, 5) is 10.9. The smallest absolute Gasteiger partial charge is 0.182 e. The predicted molar refractivity (Wildman–Crippen MR) is 42.8 cm³/mol. The molecule has 56 valence electrons. The highest BCUT2D eigenvalue weighted by atomic mass is 16.1. The van der Waals surface area contributed by atoms with Crippen LogP contribution < -0.4 is 5.43 Å². The number of H-pyrrole nitrogens is 1. The van der Waals surface area contributed by atoms with E-state index in [1.54, 1.807) is 12.3 Å². The number of fused-ring (bicyclic) bond motifs is 1. The monoisotopic (exact) mass is 148 g/mol. The second-order valence-corrected chi connectivity index (χ2v) is 2.60. The van der Waals surface area contributed by atoms with Gasteiger partial charge in [0.1, 0.15) is 0 Å². The molecule has 0 spiro atoms. The Labute approximate surface area is 63.3 Å². The molecule has 2 rings (SSSR count). The van der Waals surface area contributed by atoms with Gasteiger partial charge in [0.2, 0.25) is 0 Å². The van der Waals surface area contributed by atoms with Crippen molar-refractivity contribution in [2.45, 2.75) is 6.92 Å². The van der Waals surface area contributed by atoms with Gasteiger partial charge in [0.05, 0.1) is 5.52 Å². The van der Waals surface area contributed by atoms with Crippen LogP contribution in [0.2, 0.25) is 0 Å². The van der Waals surface area contributed by atoms with Crippen LogP contribution in [-0.4, -0.2) is 9.61 Å². The molecule has 1 N–H and O–H groups in total. The van der Waals surface area contributed by atoms with Gasteiger partial charge in [-0.15, -0.1) is 0 Å². The second kappa shape index (κ2) is 1.99. The number of nitrogens with zero attached hydrogens (tertiary/aromatic N) is 1. The van der Waals surface area contributed by atoms with Gasteiger partial charge in [-0.05, 0) is 13.0 Å². The van der Waals surface area contributed by atoms with Crippen molar-refractivity contribution in [2.75, 3.05) is 0 Å². The van der Waals surface area contributed by atoms with Crippen LogP contribution in [0.3, 0.4) is 0 Å². The molecule has 0 aromatic carbocycles. The number of aryl methyl sites for hydroxylation is 1. The third kappa shape index (κ3) is 0.941. The predicted octanol–water partition coefficient (Wildman–Crippen LogP) is 0.936. The van der Waals surface area contributed by atoms with Crippen LogP contribution >= 0.6 is 0 Å². The zero-order valence-electron chi connectivity index (χ0n) is 6.16. The van der Waals surface area contributed by atoms with E-state index < -0.39 is 0 Å². The average molecular weight is 148 g/mol. The van der Waals surface area contributed by atoms with Gasteiger partial charge >= 0.3 is 0 Å². The fraction of sp³-hybridized carbons (Fsp3) is 0.125. The normalized spacial score (nSPS) is 10.6. The van der Waals surface area contributed by atoms with E-state index in [9.17, 15) is 4.79 Å². The summed E-state index contributed by atoms with van der Waals surface area (Å²) < 4.78 is 1.82. The van der Waals surface area contributed by atoms with Crippen molar-refractivity contribution in [3.63, 3.8) is 0 Å². The number of aromatic amines is 1. The number of hydrogen-bond donors (Lipinski definition) is 1. The van der Waals surface area contributed by atoms with Gasteiger partial charge in [0.15, 0.2) is 5.43 Å². The Bertz CT molecular complexity index is 439. The fourth-order valence-corrected chi connectivity index (χ4v) is 1.15. The Morgan fingerprint density at radius 3 is 3.09 bits per heavy atom. The molecule has 3 heteroatoms. The zero-order valence-corrected chi connectivity index (χ0v) is 6.16. The van der Waals surface area contributed by atoms with Crippen LogP contribution in [-0.2, 0) is 0 Å². The minimum atomic E-state index is 0.0454. The Hall–Kier alpha value is -1.51. The summed E-state index contributed by atoms with van der Waals surface area (Å²) in [6.45, 7) is 1.96. The average Bonchev–Trinajstić information content (AvgIpc) is 2.27. The van der Waals surface area contributed by atoms with E-state index in [0.29, 0.717) is 0 Å². The van der Waals surface area contributed by atoms with Gasteiger partial charge in [0.25, 0.3) is 0 Å². The first kappa shape index (κ1) is 6.22. The molecular weight excluding hydrogens is 140 g/mol. The lowest BCUT2D eigenvalue weighted by Crippen LogP contribution is -1.98. The van der Waals surface area contributed by atoms with Gasteiger partial charge in [-0.3, -0.25) is 14.4 Å². The fourth-order valence-electron chi connectivity index (χ4n) is 1.15. The number of aromatic nitrogens is 2. The van der Waals surface area contributed by atoms with Crippen molar-refractivity contribution in [3.8, 4) is 0 Å². The quantitative estimate of drug-likeness (QED) is 0.593. The van der Waals surface area contributed by atoms with Crippen LogP contribution in [0.4, 0.5) is 0 Å². The molecule has 0 atom stereocenters. The van der Waals surface area contributed by atoms with Crippen molar-refractivity contribution < 1.29 is 0 Å². The van der Waals surface area contributed by atoms with Crippen molar-refractivity contribution in [1.82, 2.24) is 9.61 Å². The van der Waals surface area contributed by atoms with Crippen LogP contribution in [0.1, 0.15) is 5.69 Å². The molecule has 2 aromatic heterocycles. The molecule has 0 aliphatic carbocycles. The Morgan fingerprint density at radius 2 is 2.27 bits per heavy atom. The summed E-state index contributed by atoms with van der Waals surface area (Å²) in [6, 6.07) is 5.06. The molecule has 0 amide bonds. The first-order valence-electron chi connectivity index (χ1n) is 3.44. The lowest BCUT2D eigenvalue weighted by Gasteiger charge is -1.88. The maximum atomic E-state index is 10.9. The first-order valence-corrected chi connectivity index (χ1v) is 3.44. The molecule has 0 radical (unpaired) electrons. The van der Waals surface area contributed by atoms with Crippen LogP contribution in [0.5, 0.6) is 0 Å². The summed E-state index contributed by atoms with van der Waals surface area (Å²) in [7, 11) is 0. The standard InChI is InChI=1S/C8H8N2O/c1-6-4-7-5-8(11)2-3-10(7)9-6/h2-5,9H,1H3. The molecular formula is C8H8N2O. The molecule has 0 aliphatic rings. The summed E-state index contributed by atoms with van der Waals surface area (Å²) in [5.41, 5.74) is 2.01. The Kier molecular flexibility index (Phi) is 1.12. The minimum absolute atomic E-state index is 0.0454. The second-order valence-electron chi connectivity index (χ2n) is 2.60. The van der Waals surface area contributed by atoms with Crippen molar-refractivity contribution in [1.29, 1.82) is 0 Å². The third-order valence-electron chi connectivity index (χ3n) is 1.62. The summed E-state index contributed by atoms with van der Waals surface area (Å²) in [5.74, 6) is 0. The molecule has 0 saturated carbocycles. The van der Waals surface area contributed by atoms with E-state index in [-0.39, 0.29) is 5.43 Å². The van der Waals surface area contributed by atoms with Gasteiger partial charge < -0.3 is 0 Å². The SMILES string of the molecule is Cc1cc2cc(=O)ccn2[nH]1. The Balaban J connectivity index is 2.92. The van der Waals surface area contributed by atoms with E-state index in [2.05, 4.69) is 5.10 Å². The zero-order chi connectivity index (χ0) is 7.84. The highest BCUT2D eigenvalue weighted by molar-refractivity contribution is 5.46. The van der Waals surface area contributed by atoms with E-state index in [4.69, 9.17) is 0 Å². The minimum Gasteiger partial charge on any atom is -0.299 e. The lowest BCUT2D eigenvalue weighted by molar-refractivity contribution is 0.932. The molecule has 0 bridgehead atoms. The highest BCUT2D eigenvalue weighted by Gasteiger charge is 1.93. The summed E-state index contributed by atoms with van der Waals surface area (Å²) in [6.07, 6.45) is 1.73. The lowest BCUT2D eigenvalue weighted by atomic mass is 10.4. The molecule has 2 aromatic rings. The topological polar surface area (TPSA) is 37.3 Å². The van der Waals surface area contributed by atoms with Crippen LogP contribution in [0.25, 0.3) is 5.52 Å². The van der Waals surface area contributed by atoms with Crippen LogP contribution in [0, 0.1) is 6.92 Å². The highest BCUT2D eigenvalue weighted by Crippen LogP contribution is 2.00. The van der Waals surface area contributed by atoms with Gasteiger partial charge in [-0.2, -0.15) is 0 Å². The molecule has 2 heterocycles. The summed E-state index contributed by atoms with van der Waals surface area (Å²) >= 11 is 0. The maximum Gasteiger partial charge on any atom is 0.182 e. The van der Waals surface area contributed by atoms with Crippen molar-refractivity contribution in [2.24, 2.45) is 0 Å². The number of rotatable bonds is 0. The number of pyridine rings is 1. The maximum absolute atomic E-state index is 10.9. The van der Waals surface area contributed by atoms with Gasteiger partial charge in [-0.1, -0.05) is 0 Å². The first-order chi connectivity index (χ1) is 5.25. The van der Waals surface area contributed by atoms with Gasteiger partial charge in [0, 0.05) is 24.0 Å². The van der Waals surface area contributed by atoms with Crippen LogP contribution in [0.15, 0.2) is 29.2 Å². The largest absolute Gasteiger partial charge is 0.299 e. The molecule has 0 fully saturated rings. The van der Waals surface area contributed by atoms with Crippen molar-refractivity contribution >= 4 is 5.52 Å². The summed E-state index contributed by atoms with van der Waals surface area (Å²) in [5, 5.41) is 3.06. The van der Waals surface area contributed by atoms with E-state index in [1.807, 2.05) is 17.5 Å². The third-order valence-corrected chi connectivity index (χ3v) is 1.62. The van der Waals surface area contributed by atoms with Gasteiger partial charge in [-0.25, -0.2) is 0 Å². The number of hydrogen-bond acceptors (Lipinski definition) is 1.